The van der Waals surface area contributed by atoms with Crippen molar-refractivity contribution in [1.29, 1.82) is 0 Å². The molecule has 0 heterocycles. The number of halogens is 7. The molecule has 0 atom stereocenters. The highest BCUT2D eigenvalue weighted by Gasteiger charge is 2.13. The summed E-state index contributed by atoms with van der Waals surface area (Å²) in [5, 5.41) is 5.21. The van der Waals surface area contributed by atoms with E-state index in [1.165, 1.54) is 13.8 Å². The summed E-state index contributed by atoms with van der Waals surface area (Å²) in [6.45, 7) is 2.80. The van der Waals surface area contributed by atoms with E-state index < -0.39 is 50.5 Å². The summed E-state index contributed by atoms with van der Waals surface area (Å²) in [4.78, 5) is 39.7. The number of carbonyl (C=O) groups is 4. The maximum atomic E-state index is 12.7. The molecule has 1 N–H and O–H groups in total. The van der Waals surface area contributed by atoms with Gasteiger partial charge in [0.2, 0.25) is 0 Å². The van der Waals surface area contributed by atoms with E-state index in [0.717, 1.165) is 12.1 Å². The predicted octanol–water partition coefficient (Wildman–Crippen LogP) is 5.14. The van der Waals surface area contributed by atoms with Crippen LogP contribution >= 0.6 is 34.8 Å². The van der Waals surface area contributed by atoms with E-state index in [1.807, 2.05) is 0 Å². The molecule has 2 rings (SSSR count). The first-order valence-corrected chi connectivity index (χ1v) is 8.56. The lowest BCUT2D eigenvalue weighted by Gasteiger charge is -1.99. The minimum Gasteiger partial charge on any atom is -0.478 e. The smallest absolute Gasteiger partial charge is 0.338 e. The van der Waals surface area contributed by atoms with Gasteiger partial charge in [0.25, 0.3) is 5.24 Å². The molecule has 0 saturated carbocycles. The zero-order chi connectivity index (χ0) is 23.8. The van der Waals surface area contributed by atoms with E-state index >= 15 is 0 Å². The van der Waals surface area contributed by atoms with Gasteiger partial charge in [0.1, 0.15) is 23.3 Å². The van der Waals surface area contributed by atoms with Gasteiger partial charge in [-0.15, -0.1) is 0 Å². The Hall–Kier alpha value is -2.49. The fraction of sp³-hybridized carbons (Fsp3) is 0.111. The number of carbonyl (C=O) groups excluding carboxylic acids is 3. The second-order valence-corrected chi connectivity index (χ2v) is 6.32. The average Bonchev–Trinajstić information content (AvgIpc) is 2.61. The minimum atomic E-state index is -1.39. The van der Waals surface area contributed by atoms with Gasteiger partial charge in [0, 0.05) is 12.1 Å². The second kappa shape index (κ2) is 12.3. The quantitative estimate of drug-likeness (QED) is 0.366. The Kier molecular flexibility index (Phi) is 11.2. The zero-order valence-corrected chi connectivity index (χ0v) is 17.3. The number of carboxylic acids is 1. The summed E-state index contributed by atoms with van der Waals surface area (Å²) in [6.07, 6.45) is 0. The Morgan fingerprint density at radius 2 is 1.00 bits per heavy atom. The predicted molar refractivity (Wildman–Crippen MR) is 101 cm³/mol. The van der Waals surface area contributed by atoms with Gasteiger partial charge in [-0.1, -0.05) is 0 Å². The second-order valence-electron chi connectivity index (χ2n) is 5.29. The molecule has 0 bridgehead atoms. The monoisotopic (exact) mass is 488 g/mol. The Balaban J connectivity index is 0.000000447. The fourth-order valence-corrected chi connectivity index (χ4v) is 1.77. The molecule has 12 heteroatoms. The highest BCUT2D eigenvalue weighted by atomic mass is 35.5. The molecular weight excluding hydrogens is 479 g/mol. The van der Waals surface area contributed by atoms with Crippen LogP contribution in [0.15, 0.2) is 24.3 Å². The normalized spacial score (nSPS) is 9.50. The van der Waals surface area contributed by atoms with Crippen molar-refractivity contribution in [3.8, 4) is 0 Å². The van der Waals surface area contributed by atoms with Crippen molar-refractivity contribution >= 4 is 56.5 Å². The number of hydrogen-bond acceptors (Lipinski definition) is 4. The van der Waals surface area contributed by atoms with Gasteiger partial charge in [-0.2, -0.15) is 0 Å². The van der Waals surface area contributed by atoms with Gasteiger partial charge in [0.05, 0.1) is 11.1 Å². The molecule has 0 amide bonds. The molecule has 0 radical (unpaired) electrons. The van der Waals surface area contributed by atoms with Gasteiger partial charge < -0.3 is 5.11 Å². The Morgan fingerprint density at radius 3 is 1.30 bits per heavy atom. The van der Waals surface area contributed by atoms with Crippen LogP contribution in [0.2, 0.25) is 0 Å². The highest BCUT2D eigenvalue weighted by Crippen LogP contribution is 2.16. The molecule has 0 fully saturated rings. The van der Waals surface area contributed by atoms with Crippen molar-refractivity contribution < 1.29 is 41.8 Å². The maximum Gasteiger partial charge on any atom is 0.338 e. The molecule has 0 aliphatic carbocycles. The molecule has 0 saturated heterocycles. The Bertz CT molecular complexity index is 917. The SMILES string of the molecule is Cc1cc(C(=O)Cl)c(F)cc1F.Cc1cc(C(=O)O)c(F)cc1F.O=C(Cl)C(=O)Cl. The zero-order valence-electron chi connectivity index (χ0n) is 15.0. The number of benzene rings is 2. The van der Waals surface area contributed by atoms with Gasteiger partial charge in [-0.25, -0.2) is 22.4 Å². The van der Waals surface area contributed by atoms with Crippen LogP contribution in [-0.2, 0) is 9.59 Å². The van der Waals surface area contributed by atoms with Crippen LogP contribution < -0.4 is 0 Å². The van der Waals surface area contributed by atoms with Gasteiger partial charge in [0.15, 0.2) is 0 Å². The van der Waals surface area contributed by atoms with Crippen LogP contribution in [0.25, 0.3) is 0 Å². The molecule has 0 unspecified atom stereocenters. The third-order valence-corrected chi connectivity index (χ3v) is 3.74. The Labute approximate surface area is 182 Å². The standard InChI is InChI=1S/C8H5ClF2O.C8H6F2O2.C2Cl2O2/c1-4-2-5(8(9)12)7(11)3-6(4)10;1-4-2-5(8(11)12)7(10)3-6(4)9;3-1(5)2(4)6/h2-3H,1H3;2-3H,1H3,(H,11,12);. The van der Waals surface area contributed by atoms with E-state index in [2.05, 4.69) is 23.2 Å². The molecule has 162 valence electrons. The molecule has 0 aliphatic rings. The third-order valence-electron chi connectivity index (χ3n) is 3.09. The molecule has 5 nitrogen and oxygen atoms in total. The van der Waals surface area contributed by atoms with E-state index in [9.17, 15) is 36.7 Å². The van der Waals surface area contributed by atoms with Crippen LogP contribution in [-0.4, -0.2) is 26.8 Å². The summed E-state index contributed by atoms with van der Waals surface area (Å²) < 4.78 is 50.6. The van der Waals surface area contributed by atoms with Crippen molar-refractivity contribution in [2.45, 2.75) is 13.8 Å². The topological polar surface area (TPSA) is 88.5 Å². The Morgan fingerprint density at radius 1 is 0.667 bits per heavy atom. The van der Waals surface area contributed by atoms with Crippen molar-refractivity contribution in [3.63, 3.8) is 0 Å². The minimum absolute atomic E-state index is 0.119. The molecule has 30 heavy (non-hydrogen) atoms. The van der Waals surface area contributed by atoms with Crippen LogP contribution in [0.1, 0.15) is 31.8 Å². The lowest BCUT2D eigenvalue weighted by atomic mass is 10.1. The number of rotatable bonds is 3. The summed E-state index contributed by atoms with van der Waals surface area (Å²) >= 11 is 14.0. The van der Waals surface area contributed by atoms with Crippen molar-refractivity contribution in [2.24, 2.45) is 0 Å². The number of carboxylic acid groups (broad SMARTS) is 1. The van der Waals surface area contributed by atoms with Crippen molar-refractivity contribution in [3.05, 3.63) is 69.8 Å². The molecule has 0 aromatic heterocycles. The van der Waals surface area contributed by atoms with E-state index in [1.54, 1.807) is 0 Å². The van der Waals surface area contributed by atoms with Crippen LogP contribution in [0, 0.1) is 37.1 Å². The molecule has 0 spiro atoms. The van der Waals surface area contributed by atoms with Gasteiger partial charge in [-0.3, -0.25) is 14.4 Å². The average molecular weight is 490 g/mol. The first-order valence-electron chi connectivity index (χ1n) is 7.42. The molecular formula is C18H11Cl3F4O5. The maximum absolute atomic E-state index is 12.7. The van der Waals surface area contributed by atoms with Crippen molar-refractivity contribution in [2.75, 3.05) is 0 Å². The summed E-state index contributed by atoms with van der Waals surface area (Å²) in [5.41, 5.74) is -0.487. The first-order chi connectivity index (χ1) is 13.7. The largest absolute Gasteiger partial charge is 0.478 e. The van der Waals surface area contributed by atoms with Crippen LogP contribution in [0.4, 0.5) is 17.6 Å². The van der Waals surface area contributed by atoms with E-state index in [4.69, 9.17) is 16.7 Å². The lowest BCUT2D eigenvalue weighted by Crippen LogP contribution is -2.02. The highest BCUT2D eigenvalue weighted by molar-refractivity contribution is 6.97. The number of aryl methyl sites for hydroxylation is 2. The van der Waals surface area contributed by atoms with Crippen molar-refractivity contribution in [1.82, 2.24) is 0 Å². The summed E-state index contributed by atoms with van der Waals surface area (Å²) in [7, 11) is 0. The lowest BCUT2D eigenvalue weighted by molar-refractivity contribution is -0.127. The first kappa shape index (κ1) is 27.5. The number of hydrogen-bond donors (Lipinski definition) is 1. The summed E-state index contributed by atoms with van der Waals surface area (Å²) in [5.74, 6) is -4.80. The van der Waals surface area contributed by atoms with E-state index in [0.29, 0.717) is 12.1 Å². The summed E-state index contributed by atoms with van der Waals surface area (Å²) in [6, 6.07) is 3.26. The molecule has 2 aromatic carbocycles. The van der Waals surface area contributed by atoms with Gasteiger partial charge >= 0.3 is 16.5 Å². The third kappa shape index (κ3) is 8.89. The van der Waals surface area contributed by atoms with E-state index in [-0.39, 0.29) is 16.7 Å². The molecule has 2 aromatic rings. The molecule has 0 aliphatic heterocycles. The number of aromatic carboxylic acids is 1. The van der Waals surface area contributed by atoms with Gasteiger partial charge in [-0.05, 0) is 71.9 Å². The fourth-order valence-electron chi connectivity index (χ4n) is 1.63. The van der Waals surface area contributed by atoms with Crippen LogP contribution in [0.3, 0.4) is 0 Å². The van der Waals surface area contributed by atoms with Crippen LogP contribution in [0.5, 0.6) is 0 Å².